The van der Waals surface area contributed by atoms with Gasteiger partial charge in [0.25, 0.3) is 5.92 Å². The van der Waals surface area contributed by atoms with Gasteiger partial charge in [-0.15, -0.1) is 0 Å². The van der Waals surface area contributed by atoms with Crippen LogP contribution in [0, 0.1) is 0 Å². The van der Waals surface area contributed by atoms with E-state index in [4.69, 9.17) is 5.11 Å². The van der Waals surface area contributed by atoms with Crippen LogP contribution in [0.15, 0.2) is 12.2 Å². The molecule has 0 saturated carbocycles. The molecule has 0 bridgehead atoms. The summed E-state index contributed by atoms with van der Waals surface area (Å²) < 4.78 is 25.2. The first-order chi connectivity index (χ1) is 5.48. The quantitative estimate of drug-likeness (QED) is 0.656. The minimum Gasteiger partial charge on any atom is -0.478 e. The van der Waals surface area contributed by atoms with Crippen molar-refractivity contribution in [1.29, 1.82) is 0 Å². The highest BCUT2D eigenvalue weighted by atomic mass is 19.3. The van der Waals surface area contributed by atoms with Gasteiger partial charge in [0.15, 0.2) is 0 Å². The minimum absolute atomic E-state index is 0.284. The topological polar surface area (TPSA) is 37.3 Å². The number of aliphatic carboxylic acids is 1. The lowest BCUT2D eigenvalue weighted by atomic mass is 10.1. The standard InChI is InChI=1S/C8H12F2O2/c1-2-3-5-8(9,10)6-4-7(11)12/h4,6H,2-3,5H2,1H3,(H,11,12)/b6-4+. The molecule has 0 aliphatic heterocycles. The Kier molecular flexibility index (Phi) is 4.47. The Hall–Kier alpha value is -0.930. The molecule has 0 atom stereocenters. The highest BCUT2D eigenvalue weighted by Gasteiger charge is 2.23. The van der Waals surface area contributed by atoms with E-state index < -0.39 is 11.9 Å². The number of carboxylic acid groups (broad SMARTS) is 1. The van der Waals surface area contributed by atoms with E-state index in [1.54, 1.807) is 6.92 Å². The molecule has 0 saturated heterocycles. The fraction of sp³-hybridized carbons (Fsp3) is 0.625. The first-order valence-corrected chi connectivity index (χ1v) is 3.78. The molecule has 0 aromatic rings. The summed E-state index contributed by atoms with van der Waals surface area (Å²) in [6.45, 7) is 1.80. The van der Waals surface area contributed by atoms with Gasteiger partial charge in [0.1, 0.15) is 0 Å². The molecule has 0 aromatic carbocycles. The van der Waals surface area contributed by atoms with Crippen molar-refractivity contribution in [2.75, 3.05) is 0 Å². The van der Waals surface area contributed by atoms with Crippen molar-refractivity contribution in [2.45, 2.75) is 32.1 Å². The van der Waals surface area contributed by atoms with Crippen molar-refractivity contribution in [3.63, 3.8) is 0 Å². The van der Waals surface area contributed by atoms with Crippen molar-refractivity contribution in [3.8, 4) is 0 Å². The van der Waals surface area contributed by atoms with Gasteiger partial charge in [0.05, 0.1) is 0 Å². The van der Waals surface area contributed by atoms with Gasteiger partial charge < -0.3 is 5.11 Å². The first-order valence-electron chi connectivity index (χ1n) is 3.78. The molecule has 0 aliphatic carbocycles. The lowest BCUT2D eigenvalue weighted by Gasteiger charge is -2.09. The number of carbonyl (C=O) groups is 1. The Balaban J connectivity index is 3.93. The molecular formula is C8H12F2O2. The Morgan fingerprint density at radius 3 is 2.58 bits per heavy atom. The largest absolute Gasteiger partial charge is 0.478 e. The molecule has 0 aliphatic rings. The van der Waals surface area contributed by atoms with Gasteiger partial charge in [-0.3, -0.25) is 0 Å². The summed E-state index contributed by atoms with van der Waals surface area (Å²) in [4.78, 5) is 9.90. The molecule has 12 heavy (non-hydrogen) atoms. The van der Waals surface area contributed by atoms with E-state index >= 15 is 0 Å². The summed E-state index contributed by atoms with van der Waals surface area (Å²) in [5.41, 5.74) is 0. The number of hydrogen-bond donors (Lipinski definition) is 1. The number of halogens is 2. The predicted octanol–water partition coefficient (Wildman–Crippen LogP) is 2.45. The fourth-order valence-corrected chi connectivity index (χ4v) is 0.689. The second kappa shape index (κ2) is 4.85. The highest BCUT2D eigenvalue weighted by Crippen LogP contribution is 2.22. The zero-order chi connectivity index (χ0) is 9.61. The first kappa shape index (κ1) is 11.1. The third kappa shape index (κ3) is 5.82. The summed E-state index contributed by atoms with van der Waals surface area (Å²) in [6, 6.07) is 0. The van der Waals surface area contributed by atoms with Crippen LogP contribution in [0.2, 0.25) is 0 Å². The molecule has 0 radical (unpaired) electrons. The third-order valence-corrected chi connectivity index (χ3v) is 1.33. The summed E-state index contributed by atoms with van der Waals surface area (Å²) in [5.74, 6) is -4.32. The lowest BCUT2D eigenvalue weighted by molar-refractivity contribution is -0.131. The van der Waals surface area contributed by atoms with Crippen LogP contribution in [0.25, 0.3) is 0 Å². The average Bonchev–Trinajstić information content (AvgIpc) is 1.98. The molecule has 70 valence electrons. The number of hydrogen-bond acceptors (Lipinski definition) is 1. The van der Waals surface area contributed by atoms with E-state index in [1.807, 2.05) is 0 Å². The molecule has 4 heteroatoms. The summed E-state index contributed by atoms with van der Waals surface area (Å²) in [7, 11) is 0. The van der Waals surface area contributed by atoms with Gasteiger partial charge in [0, 0.05) is 12.5 Å². The normalized spacial score (nSPS) is 12.2. The van der Waals surface area contributed by atoms with Gasteiger partial charge >= 0.3 is 5.97 Å². The SMILES string of the molecule is CCCCC(F)(F)/C=C/C(=O)O. The molecular weight excluding hydrogens is 166 g/mol. The third-order valence-electron chi connectivity index (χ3n) is 1.33. The molecule has 0 spiro atoms. The summed E-state index contributed by atoms with van der Waals surface area (Å²) in [6.07, 6.45) is 1.71. The van der Waals surface area contributed by atoms with Crippen LogP contribution in [0.4, 0.5) is 8.78 Å². The average molecular weight is 178 g/mol. The zero-order valence-electron chi connectivity index (χ0n) is 6.89. The molecule has 0 aromatic heterocycles. The van der Waals surface area contributed by atoms with E-state index in [1.165, 1.54) is 0 Å². The van der Waals surface area contributed by atoms with Gasteiger partial charge in [-0.2, -0.15) is 0 Å². The van der Waals surface area contributed by atoms with Gasteiger partial charge in [-0.1, -0.05) is 13.3 Å². The highest BCUT2D eigenvalue weighted by molar-refractivity contribution is 5.79. The van der Waals surface area contributed by atoms with Gasteiger partial charge in [0.2, 0.25) is 0 Å². The molecule has 0 heterocycles. The number of carboxylic acids is 1. The smallest absolute Gasteiger partial charge is 0.328 e. The summed E-state index contributed by atoms with van der Waals surface area (Å²) in [5, 5.41) is 8.08. The number of unbranched alkanes of at least 4 members (excludes halogenated alkanes) is 1. The van der Waals surface area contributed by atoms with Crippen molar-refractivity contribution in [2.24, 2.45) is 0 Å². The van der Waals surface area contributed by atoms with Crippen molar-refractivity contribution in [3.05, 3.63) is 12.2 Å². The monoisotopic (exact) mass is 178 g/mol. The van der Waals surface area contributed by atoms with Crippen LogP contribution in [0.1, 0.15) is 26.2 Å². The molecule has 0 rings (SSSR count). The second-order valence-electron chi connectivity index (χ2n) is 2.54. The minimum atomic E-state index is -2.98. The van der Waals surface area contributed by atoms with Crippen molar-refractivity contribution >= 4 is 5.97 Å². The van der Waals surface area contributed by atoms with E-state index in [9.17, 15) is 13.6 Å². The van der Waals surface area contributed by atoms with Gasteiger partial charge in [-0.05, 0) is 12.5 Å². The van der Waals surface area contributed by atoms with E-state index in [0.29, 0.717) is 25.0 Å². The van der Waals surface area contributed by atoms with E-state index in [2.05, 4.69) is 0 Å². The van der Waals surface area contributed by atoms with Crippen LogP contribution in [-0.2, 0) is 4.79 Å². The second-order valence-corrected chi connectivity index (χ2v) is 2.54. The van der Waals surface area contributed by atoms with Crippen molar-refractivity contribution < 1.29 is 18.7 Å². The Labute approximate surface area is 69.9 Å². The predicted molar refractivity (Wildman–Crippen MR) is 41.2 cm³/mol. The summed E-state index contributed by atoms with van der Waals surface area (Å²) >= 11 is 0. The molecule has 1 N–H and O–H groups in total. The number of rotatable bonds is 5. The molecule has 2 nitrogen and oxygen atoms in total. The van der Waals surface area contributed by atoms with Crippen LogP contribution in [0.5, 0.6) is 0 Å². The zero-order valence-corrected chi connectivity index (χ0v) is 6.89. The Morgan fingerprint density at radius 1 is 1.58 bits per heavy atom. The number of alkyl halides is 2. The maximum Gasteiger partial charge on any atom is 0.328 e. The van der Waals surface area contributed by atoms with Crippen LogP contribution >= 0.6 is 0 Å². The fourth-order valence-electron chi connectivity index (χ4n) is 0.689. The van der Waals surface area contributed by atoms with Crippen LogP contribution in [-0.4, -0.2) is 17.0 Å². The van der Waals surface area contributed by atoms with Gasteiger partial charge in [-0.25, -0.2) is 13.6 Å². The lowest BCUT2D eigenvalue weighted by Crippen LogP contribution is -2.12. The number of allylic oxidation sites excluding steroid dienone is 1. The van der Waals surface area contributed by atoms with Crippen molar-refractivity contribution in [1.82, 2.24) is 0 Å². The van der Waals surface area contributed by atoms with Crippen LogP contribution < -0.4 is 0 Å². The maximum atomic E-state index is 12.6. The van der Waals surface area contributed by atoms with E-state index in [-0.39, 0.29) is 6.42 Å². The van der Waals surface area contributed by atoms with E-state index in [0.717, 1.165) is 0 Å². The molecule has 0 amide bonds. The Bertz CT molecular complexity index is 176. The van der Waals surface area contributed by atoms with Crippen LogP contribution in [0.3, 0.4) is 0 Å². The Morgan fingerprint density at radius 2 is 2.17 bits per heavy atom. The molecule has 0 unspecified atom stereocenters. The molecule has 0 fully saturated rings. The maximum absolute atomic E-state index is 12.6.